The van der Waals surface area contributed by atoms with Gasteiger partial charge in [0.15, 0.2) is 0 Å². The average Bonchev–Trinajstić information content (AvgIpc) is 2.07. The van der Waals surface area contributed by atoms with Gasteiger partial charge < -0.3 is 10.4 Å². The van der Waals surface area contributed by atoms with Gasteiger partial charge in [0.1, 0.15) is 11.6 Å². The second-order valence-electron chi connectivity index (χ2n) is 4.23. The summed E-state index contributed by atoms with van der Waals surface area (Å²) in [6, 6.07) is 2.01. The summed E-state index contributed by atoms with van der Waals surface area (Å²) in [5.74, 6) is -1.28. The van der Waals surface area contributed by atoms with Crippen LogP contribution in [0.2, 0.25) is 0 Å². The molecule has 0 radical (unpaired) electrons. The van der Waals surface area contributed by atoms with E-state index in [4.69, 9.17) is 0 Å². The molecular formula is C11H14BrF2NO. The Labute approximate surface area is 102 Å². The molecule has 2 N–H and O–H groups in total. The largest absolute Gasteiger partial charge is 0.390 e. The molecular weight excluding hydrogens is 280 g/mol. The van der Waals surface area contributed by atoms with Gasteiger partial charge in [-0.05, 0) is 42.3 Å². The monoisotopic (exact) mass is 293 g/mol. The summed E-state index contributed by atoms with van der Waals surface area (Å²) < 4.78 is 26.5. The molecule has 0 atom stereocenters. The van der Waals surface area contributed by atoms with Crippen LogP contribution in [0.1, 0.15) is 20.3 Å². The molecule has 0 aliphatic heterocycles. The van der Waals surface area contributed by atoms with Crippen LogP contribution in [0.4, 0.5) is 14.5 Å². The lowest BCUT2D eigenvalue weighted by molar-refractivity contribution is 0.0748. The molecule has 90 valence electrons. The van der Waals surface area contributed by atoms with Crippen LogP contribution >= 0.6 is 15.9 Å². The normalized spacial score (nSPS) is 11.6. The zero-order valence-electron chi connectivity index (χ0n) is 9.15. The van der Waals surface area contributed by atoms with E-state index in [1.165, 1.54) is 6.07 Å². The van der Waals surface area contributed by atoms with Crippen LogP contribution in [0, 0.1) is 11.6 Å². The first-order chi connectivity index (χ1) is 7.29. The number of benzene rings is 1. The SMILES string of the molecule is CC(C)(O)CCNc1c(F)cc(F)cc1Br. The summed E-state index contributed by atoms with van der Waals surface area (Å²) in [5, 5.41) is 12.3. The Morgan fingerprint density at radius 3 is 2.50 bits per heavy atom. The van der Waals surface area contributed by atoms with E-state index in [0.29, 0.717) is 17.4 Å². The fourth-order valence-electron chi connectivity index (χ4n) is 1.20. The molecule has 1 rings (SSSR count). The lowest BCUT2D eigenvalue weighted by Crippen LogP contribution is -2.23. The minimum absolute atomic E-state index is 0.214. The van der Waals surface area contributed by atoms with Crippen LogP contribution in [0.25, 0.3) is 0 Å². The van der Waals surface area contributed by atoms with Crippen LogP contribution in [0.5, 0.6) is 0 Å². The van der Waals surface area contributed by atoms with Crippen LogP contribution in [-0.4, -0.2) is 17.3 Å². The predicted molar refractivity (Wildman–Crippen MR) is 63.5 cm³/mol. The smallest absolute Gasteiger partial charge is 0.150 e. The van der Waals surface area contributed by atoms with Crippen molar-refractivity contribution in [1.82, 2.24) is 0 Å². The molecule has 0 unspecified atom stereocenters. The van der Waals surface area contributed by atoms with E-state index < -0.39 is 17.2 Å². The predicted octanol–water partition coefficient (Wildman–Crippen LogP) is 3.30. The molecule has 1 aromatic carbocycles. The number of aliphatic hydroxyl groups is 1. The molecule has 1 aromatic rings. The van der Waals surface area contributed by atoms with Gasteiger partial charge in [0.05, 0.1) is 11.3 Å². The van der Waals surface area contributed by atoms with Crippen molar-refractivity contribution in [2.24, 2.45) is 0 Å². The Bertz CT molecular complexity index is 354. The van der Waals surface area contributed by atoms with E-state index in [1.54, 1.807) is 13.8 Å². The lowest BCUT2D eigenvalue weighted by atomic mass is 10.1. The van der Waals surface area contributed by atoms with Crippen LogP contribution in [-0.2, 0) is 0 Å². The maximum atomic E-state index is 13.3. The van der Waals surface area contributed by atoms with Gasteiger partial charge in [-0.15, -0.1) is 0 Å². The highest BCUT2D eigenvalue weighted by Crippen LogP contribution is 2.27. The van der Waals surface area contributed by atoms with Gasteiger partial charge in [-0.3, -0.25) is 0 Å². The molecule has 0 bridgehead atoms. The van der Waals surface area contributed by atoms with Crippen molar-refractivity contribution in [2.45, 2.75) is 25.9 Å². The first-order valence-electron chi connectivity index (χ1n) is 4.90. The van der Waals surface area contributed by atoms with Crippen molar-refractivity contribution in [3.63, 3.8) is 0 Å². The molecule has 0 spiro atoms. The fraction of sp³-hybridized carbons (Fsp3) is 0.455. The first kappa shape index (κ1) is 13.4. The Hall–Kier alpha value is -0.680. The third kappa shape index (κ3) is 4.06. The van der Waals surface area contributed by atoms with E-state index in [0.717, 1.165) is 6.07 Å². The van der Waals surface area contributed by atoms with Crippen molar-refractivity contribution in [2.75, 3.05) is 11.9 Å². The van der Waals surface area contributed by atoms with Gasteiger partial charge in [-0.25, -0.2) is 8.78 Å². The highest BCUT2D eigenvalue weighted by molar-refractivity contribution is 9.10. The Balaban J connectivity index is 2.68. The second kappa shape index (κ2) is 5.10. The Morgan fingerprint density at radius 1 is 1.38 bits per heavy atom. The zero-order valence-corrected chi connectivity index (χ0v) is 10.7. The molecule has 0 saturated heterocycles. The topological polar surface area (TPSA) is 32.3 Å². The number of rotatable bonds is 4. The lowest BCUT2D eigenvalue weighted by Gasteiger charge is -2.18. The number of hydrogen-bond acceptors (Lipinski definition) is 2. The summed E-state index contributed by atoms with van der Waals surface area (Å²) in [4.78, 5) is 0. The summed E-state index contributed by atoms with van der Waals surface area (Å²) in [5.41, 5.74) is -0.596. The van der Waals surface area contributed by atoms with Gasteiger partial charge in [-0.1, -0.05) is 0 Å². The molecule has 2 nitrogen and oxygen atoms in total. The van der Waals surface area contributed by atoms with Crippen molar-refractivity contribution in [3.05, 3.63) is 28.2 Å². The molecule has 0 aliphatic rings. The van der Waals surface area contributed by atoms with Crippen molar-refractivity contribution in [3.8, 4) is 0 Å². The number of halogens is 3. The van der Waals surface area contributed by atoms with Gasteiger partial charge >= 0.3 is 0 Å². The maximum absolute atomic E-state index is 13.3. The average molecular weight is 294 g/mol. The van der Waals surface area contributed by atoms with Gasteiger partial charge in [0.2, 0.25) is 0 Å². The van der Waals surface area contributed by atoms with Crippen LogP contribution in [0.15, 0.2) is 16.6 Å². The third-order valence-corrected chi connectivity index (χ3v) is 2.67. The van der Waals surface area contributed by atoms with E-state index >= 15 is 0 Å². The molecule has 5 heteroatoms. The molecule has 0 aromatic heterocycles. The van der Waals surface area contributed by atoms with E-state index in [2.05, 4.69) is 21.2 Å². The molecule has 0 fully saturated rings. The summed E-state index contributed by atoms with van der Waals surface area (Å²) in [6.45, 7) is 3.75. The third-order valence-electron chi connectivity index (χ3n) is 2.05. The Morgan fingerprint density at radius 2 is 2.00 bits per heavy atom. The minimum Gasteiger partial charge on any atom is -0.390 e. The second-order valence-corrected chi connectivity index (χ2v) is 5.09. The molecule has 16 heavy (non-hydrogen) atoms. The van der Waals surface area contributed by atoms with Crippen LogP contribution in [0.3, 0.4) is 0 Å². The highest BCUT2D eigenvalue weighted by atomic mass is 79.9. The quantitative estimate of drug-likeness (QED) is 0.893. The van der Waals surface area contributed by atoms with E-state index in [9.17, 15) is 13.9 Å². The van der Waals surface area contributed by atoms with E-state index in [-0.39, 0.29) is 5.69 Å². The molecule has 0 heterocycles. The highest BCUT2D eigenvalue weighted by Gasteiger charge is 2.13. The summed E-state index contributed by atoms with van der Waals surface area (Å²) >= 11 is 3.07. The summed E-state index contributed by atoms with van der Waals surface area (Å²) in [7, 11) is 0. The van der Waals surface area contributed by atoms with Gasteiger partial charge in [0.25, 0.3) is 0 Å². The van der Waals surface area contributed by atoms with E-state index in [1.807, 2.05) is 0 Å². The fourth-order valence-corrected chi connectivity index (χ4v) is 1.75. The summed E-state index contributed by atoms with van der Waals surface area (Å²) in [6.07, 6.45) is 0.469. The maximum Gasteiger partial charge on any atom is 0.150 e. The van der Waals surface area contributed by atoms with Crippen LogP contribution < -0.4 is 5.32 Å². The number of anilines is 1. The molecule has 0 amide bonds. The van der Waals surface area contributed by atoms with Crippen molar-refractivity contribution >= 4 is 21.6 Å². The van der Waals surface area contributed by atoms with Gasteiger partial charge in [0, 0.05) is 17.1 Å². The number of nitrogens with one attached hydrogen (secondary N) is 1. The van der Waals surface area contributed by atoms with Crippen molar-refractivity contribution in [1.29, 1.82) is 0 Å². The first-order valence-corrected chi connectivity index (χ1v) is 5.70. The molecule has 0 saturated carbocycles. The van der Waals surface area contributed by atoms with Gasteiger partial charge in [-0.2, -0.15) is 0 Å². The number of hydrogen-bond donors (Lipinski definition) is 2. The Kier molecular flexibility index (Phi) is 4.27. The zero-order chi connectivity index (χ0) is 12.3. The van der Waals surface area contributed by atoms with Crippen molar-refractivity contribution < 1.29 is 13.9 Å². The standard InChI is InChI=1S/C11H14BrF2NO/c1-11(2,16)3-4-15-10-8(12)5-7(13)6-9(10)14/h5-6,15-16H,3-4H2,1-2H3. The minimum atomic E-state index is -0.810. The molecule has 0 aliphatic carbocycles.